The Kier molecular flexibility index (Phi) is 6.08. The van der Waals surface area contributed by atoms with Crippen molar-refractivity contribution in [1.82, 2.24) is 5.32 Å². The molecule has 0 saturated carbocycles. The van der Waals surface area contributed by atoms with Gasteiger partial charge >= 0.3 is 0 Å². The lowest BCUT2D eigenvalue weighted by molar-refractivity contribution is -0.121. The molecule has 0 atom stereocenters. The third-order valence-electron chi connectivity index (χ3n) is 2.77. The highest BCUT2D eigenvalue weighted by molar-refractivity contribution is 9.10. The summed E-state index contributed by atoms with van der Waals surface area (Å²) in [5.74, 6) is 0.692. The summed E-state index contributed by atoms with van der Waals surface area (Å²) in [5.41, 5.74) is 0.976. The van der Waals surface area contributed by atoms with E-state index in [0.29, 0.717) is 24.6 Å². The van der Waals surface area contributed by atoms with Crippen LogP contribution in [0.5, 0.6) is 5.75 Å². The summed E-state index contributed by atoms with van der Waals surface area (Å²) in [4.78, 5) is 11.7. The third-order valence-corrected chi connectivity index (χ3v) is 3.50. The molecule has 110 valence electrons. The van der Waals surface area contributed by atoms with Gasteiger partial charge in [0.2, 0.25) is 5.91 Å². The Morgan fingerprint density at radius 2 is 2.00 bits per heavy atom. The third kappa shape index (κ3) is 5.78. The number of carbonyl (C=O) groups excluding carboxylic acids is 1. The zero-order valence-electron chi connectivity index (χ0n) is 11.3. The Hall–Kier alpha value is -1.52. The number of hydrogen-bond donors (Lipinski definition) is 1. The van der Waals surface area contributed by atoms with E-state index in [-0.39, 0.29) is 5.91 Å². The van der Waals surface area contributed by atoms with E-state index in [0.717, 1.165) is 15.8 Å². The average Bonchev–Trinajstić information content (AvgIpc) is 2.45. The van der Waals surface area contributed by atoms with Crippen LogP contribution in [-0.4, -0.2) is 12.5 Å². The summed E-state index contributed by atoms with van der Waals surface area (Å²) < 4.78 is 6.47. The van der Waals surface area contributed by atoms with Crippen molar-refractivity contribution in [2.75, 3.05) is 6.61 Å². The molecule has 2 rings (SSSR count). The van der Waals surface area contributed by atoms with Gasteiger partial charge in [-0.3, -0.25) is 4.79 Å². The smallest absolute Gasteiger partial charge is 0.223 e. The minimum atomic E-state index is -0.0510. The van der Waals surface area contributed by atoms with Gasteiger partial charge in [0.05, 0.1) is 13.0 Å². The van der Waals surface area contributed by atoms with Crippen LogP contribution in [0.2, 0.25) is 5.02 Å². The topological polar surface area (TPSA) is 38.3 Å². The van der Waals surface area contributed by atoms with E-state index in [9.17, 15) is 4.79 Å². The molecular weight excluding hydrogens is 354 g/mol. The van der Waals surface area contributed by atoms with Gasteiger partial charge in [0, 0.05) is 16.0 Å². The van der Waals surface area contributed by atoms with Gasteiger partial charge in [-0.1, -0.05) is 45.7 Å². The molecule has 5 heteroatoms. The molecule has 1 N–H and O–H groups in total. The summed E-state index contributed by atoms with van der Waals surface area (Å²) in [6.45, 7) is 0.814. The summed E-state index contributed by atoms with van der Waals surface area (Å²) in [5, 5.41) is 3.50. The van der Waals surface area contributed by atoms with Crippen molar-refractivity contribution in [3.05, 3.63) is 63.6 Å². The van der Waals surface area contributed by atoms with Crippen LogP contribution in [0.1, 0.15) is 12.0 Å². The molecule has 0 aliphatic carbocycles. The lowest BCUT2D eigenvalue weighted by Crippen LogP contribution is -2.24. The van der Waals surface area contributed by atoms with Gasteiger partial charge in [-0.25, -0.2) is 0 Å². The number of carbonyl (C=O) groups is 1. The van der Waals surface area contributed by atoms with E-state index in [4.69, 9.17) is 16.3 Å². The van der Waals surface area contributed by atoms with E-state index in [1.165, 1.54) is 0 Å². The molecule has 2 aromatic carbocycles. The molecule has 0 unspecified atom stereocenters. The predicted molar refractivity (Wildman–Crippen MR) is 87.6 cm³/mol. The lowest BCUT2D eigenvalue weighted by atomic mass is 10.2. The summed E-state index contributed by atoms with van der Waals surface area (Å²) in [6.07, 6.45) is 0.313. The number of nitrogens with one attached hydrogen (secondary N) is 1. The molecule has 0 spiro atoms. The second-order valence-electron chi connectivity index (χ2n) is 4.46. The average molecular weight is 369 g/mol. The molecule has 0 aliphatic heterocycles. The molecule has 2 aromatic rings. The molecule has 0 aromatic heterocycles. The fraction of sp³-hybridized carbons (Fsp3) is 0.188. The first-order valence-corrected chi connectivity index (χ1v) is 7.70. The highest BCUT2D eigenvalue weighted by atomic mass is 79.9. The van der Waals surface area contributed by atoms with Gasteiger partial charge < -0.3 is 10.1 Å². The van der Waals surface area contributed by atoms with Crippen molar-refractivity contribution in [2.45, 2.75) is 13.0 Å². The minimum absolute atomic E-state index is 0.0510. The van der Waals surface area contributed by atoms with E-state index in [2.05, 4.69) is 21.2 Å². The Balaban J connectivity index is 1.70. The first-order valence-electron chi connectivity index (χ1n) is 6.53. The van der Waals surface area contributed by atoms with Crippen molar-refractivity contribution in [3.63, 3.8) is 0 Å². The molecule has 0 radical (unpaired) electrons. The maximum Gasteiger partial charge on any atom is 0.223 e. The van der Waals surface area contributed by atoms with Crippen molar-refractivity contribution >= 4 is 33.4 Å². The van der Waals surface area contributed by atoms with Crippen molar-refractivity contribution < 1.29 is 9.53 Å². The monoisotopic (exact) mass is 367 g/mol. The zero-order valence-corrected chi connectivity index (χ0v) is 13.7. The molecule has 0 bridgehead atoms. The molecule has 21 heavy (non-hydrogen) atoms. The van der Waals surface area contributed by atoms with Gasteiger partial charge in [-0.05, 0) is 35.9 Å². The van der Waals surface area contributed by atoms with Crippen LogP contribution in [0.25, 0.3) is 0 Å². The van der Waals surface area contributed by atoms with Gasteiger partial charge in [0.15, 0.2) is 0 Å². The summed E-state index contributed by atoms with van der Waals surface area (Å²) in [6, 6.07) is 14.9. The molecule has 0 heterocycles. The zero-order chi connectivity index (χ0) is 15.1. The number of hydrogen-bond acceptors (Lipinski definition) is 2. The fourth-order valence-corrected chi connectivity index (χ4v) is 2.35. The van der Waals surface area contributed by atoms with Crippen LogP contribution in [0, 0.1) is 0 Å². The Labute approximate surface area is 137 Å². The van der Waals surface area contributed by atoms with Crippen LogP contribution in [-0.2, 0) is 11.3 Å². The second-order valence-corrected chi connectivity index (χ2v) is 5.81. The highest BCUT2D eigenvalue weighted by Gasteiger charge is 2.03. The van der Waals surface area contributed by atoms with Gasteiger partial charge in [0.1, 0.15) is 5.75 Å². The number of rotatable bonds is 6. The van der Waals surface area contributed by atoms with Gasteiger partial charge in [0.25, 0.3) is 0 Å². The number of amides is 1. The molecule has 3 nitrogen and oxygen atoms in total. The largest absolute Gasteiger partial charge is 0.493 e. The molecule has 0 aliphatic rings. The predicted octanol–water partition coefficient (Wildman–Crippen LogP) is 4.19. The van der Waals surface area contributed by atoms with Crippen molar-refractivity contribution in [1.29, 1.82) is 0 Å². The first kappa shape index (κ1) is 15.9. The molecular formula is C16H15BrClNO2. The minimum Gasteiger partial charge on any atom is -0.493 e. The van der Waals surface area contributed by atoms with E-state index in [1.54, 1.807) is 6.07 Å². The number of ether oxygens (including phenoxy) is 1. The van der Waals surface area contributed by atoms with Crippen LogP contribution < -0.4 is 10.1 Å². The van der Waals surface area contributed by atoms with Crippen LogP contribution in [0.4, 0.5) is 0 Å². The Morgan fingerprint density at radius 1 is 1.19 bits per heavy atom. The summed E-state index contributed by atoms with van der Waals surface area (Å²) in [7, 11) is 0. The van der Waals surface area contributed by atoms with Crippen LogP contribution >= 0.6 is 27.5 Å². The number of halogens is 2. The fourth-order valence-electron chi connectivity index (χ4n) is 1.75. The number of benzene rings is 2. The molecule has 0 fully saturated rings. The Morgan fingerprint density at radius 3 is 2.76 bits per heavy atom. The standard InChI is InChI=1S/C16H15BrClNO2/c17-13-4-2-6-15(10-13)21-8-7-16(20)19-11-12-3-1-5-14(18)9-12/h1-6,9-10H,7-8,11H2,(H,19,20). The maximum atomic E-state index is 11.7. The quantitative estimate of drug-likeness (QED) is 0.830. The van der Waals surface area contributed by atoms with Crippen molar-refractivity contribution in [2.24, 2.45) is 0 Å². The lowest BCUT2D eigenvalue weighted by Gasteiger charge is -2.08. The maximum absolute atomic E-state index is 11.7. The van der Waals surface area contributed by atoms with Crippen LogP contribution in [0.3, 0.4) is 0 Å². The summed E-state index contributed by atoms with van der Waals surface area (Å²) >= 11 is 9.26. The normalized spacial score (nSPS) is 10.2. The van der Waals surface area contributed by atoms with Crippen molar-refractivity contribution in [3.8, 4) is 5.75 Å². The van der Waals surface area contributed by atoms with Gasteiger partial charge in [-0.15, -0.1) is 0 Å². The van der Waals surface area contributed by atoms with E-state index < -0.39 is 0 Å². The van der Waals surface area contributed by atoms with Gasteiger partial charge in [-0.2, -0.15) is 0 Å². The second kappa shape index (κ2) is 8.05. The van der Waals surface area contributed by atoms with Crippen LogP contribution in [0.15, 0.2) is 53.0 Å². The molecule has 1 amide bonds. The van der Waals surface area contributed by atoms with E-state index >= 15 is 0 Å². The first-order chi connectivity index (χ1) is 10.1. The van der Waals surface area contributed by atoms with E-state index in [1.807, 2.05) is 42.5 Å². The SMILES string of the molecule is O=C(CCOc1cccc(Br)c1)NCc1cccc(Cl)c1. The molecule has 0 saturated heterocycles. The highest BCUT2D eigenvalue weighted by Crippen LogP contribution is 2.17. The Bertz CT molecular complexity index is 619.